The fourth-order valence-corrected chi connectivity index (χ4v) is 2.11. The van der Waals surface area contributed by atoms with Gasteiger partial charge in [0.2, 0.25) is 0 Å². The lowest BCUT2D eigenvalue weighted by Crippen LogP contribution is -2.45. The normalized spacial score (nSPS) is 20.9. The van der Waals surface area contributed by atoms with Crippen LogP contribution in [0.1, 0.15) is 6.92 Å². The third-order valence-electron chi connectivity index (χ3n) is 3.20. The minimum atomic E-state index is -0.316. The van der Waals surface area contributed by atoms with E-state index in [1.807, 2.05) is 0 Å². The summed E-state index contributed by atoms with van der Waals surface area (Å²) in [5.41, 5.74) is 6.92. The minimum absolute atomic E-state index is 0.156. The van der Waals surface area contributed by atoms with Gasteiger partial charge in [0.15, 0.2) is 0 Å². The molecule has 1 aliphatic heterocycles. The van der Waals surface area contributed by atoms with Gasteiger partial charge in [-0.15, -0.1) is 0 Å². The Balaban J connectivity index is 1.87. The van der Waals surface area contributed by atoms with Crippen molar-refractivity contribution in [3.8, 4) is 0 Å². The Kier molecular flexibility index (Phi) is 4.38. The van der Waals surface area contributed by atoms with Crippen LogP contribution in [-0.2, 0) is 4.74 Å². The highest BCUT2D eigenvalue weighted by atomic mass is 19.1. The number of nitrogens with one attached hydrogen (secondary N) is 1. The predicted molar refractivity (Wildman–Crippen MR) is 71.2 cm³/mol. The second-order valence-corrected chi connectivity index (χ2v) is 4.50. The van der Waals surface area contributed by atoms with Crippen LogP contribution in [0.3, 0.4) is 0 Å². The molecule has 0 saturated carbocycles. The molecular formula is C13H20FN3O. The Morgan fingerprint density at radius 1 is 1.56 bits per heavy atom. The number of hydrogen-bond donors (Lipinski definition) is 2. The summed E-state index contributed by atoms with van der Waals surface area (Å²) in [6.45, 7) is 6.55. The lowest BCUT2D eigenvalue weighted by atomic mass is 10.2. The first-order valence-electron chi connectivity index (χ1n) is 6.32. The number of ether oxygens (including phenoxy) is 1. The molecule has 1 atom stereocenters. The van der Waals surface area contributed by atoms with Crippen LogP contribution in [0.25, 0.3) is 0 Å². The molecule has 1 aromatic carbocycles. The van der Waals surface area contributed by atoms with Gasteiger partial charge in [0.25, 0.3) is 0 Å². The van der Waals surface area contributed by atoms with Crippen LogP contribution in [0.15, 0.2) is 18.2 Å². The van der Waals surface area contributed by atoms with E-state index in [1.165, 1.54) is 12.1 Å². The molecular weight excluding hydrogens is 233 g/mol. The SMILES string of the molecule is CCN1CCOC(CNc2ccc(F)cc2N)C1. The number of anilines is 2. The smallest absolute Gasteiger partial charge is 0.125 e. The summed E-state index contributed by atoms with van der Waals surface area (Å²) in [5.74, 6) is -0.316. The second kappa shape index (κ2) is 6.02. The van der Waals surface area contributed by atoms with Crippen LogP contribution in [0.2, 0.25) is 0 Å². The van der Waals surface area contributed by atoms with Crippen molar-refractivity contribution < 1.29 is 9.13 Å². The zero-order valence-electron chi connectivity index (χ0n) is 10.7. The molecule has 0 spiro atoms. The Morgan fingerprint density at radius 3 is 3.11 bits per heavy atom. The fraction of sp³-hybridized carbons (Fsp3) is 0.538. The van der Waals surface area contributed by atoms with Crippen molar-refractivity contribution in [2.75, 3.05) is 43.8 Å². The lowest BCUT2D eigenvalue weighted by molar-refractivity contribution is -0.0191. The van der Waals surface area contributed by atoms with Crippen molar-refractivity contribution in [1.29, 1.82) is 0 Å². The summed E-state index contributed by atoms with van der Waals surface area (Å²) in [4.78, 5) is 2.35. The first-order chi connectivity index (χ1) is 8.69. The predicted octanol–water partition coefficient (Wildman–Crippen LogP) is 1.54. The zero-order chi connectivity index (χ0) is 13.0. The van der Waals surface area contributed by atoms with Gasteiger partial charge in [0.1, 0.15) is 5.82 Å². The summed E-state index contributed by atoms with van der Waals surface area (Å²) >= 11 is 0. The third-order valence-corrected chi connectivity index (χ3v) is 3.20. The molecule has 0 bridgehead atoms. The zero-order valence-corrected chi connectivity index (χ0v) is 10.7. The monoisotopic (exact) mass is 253 g/mol. The number of nitrogens with two attached hydrogens (primary N) is 1. The van der Waals surface area contributed by atoms with E-state index in [4.69, 9.17) is 10.5 Å². The number of nitrogens with zero attached hydrogens (tertiary/aromatic N) is 1. The van der Waals surface area contributed by atoms with Crippen LogP contribution in [0.4, 0.5) is 15.8 Å². The molecule has 0 amide bonds. The maximum atomic E-state index is 12.9. The molecule has 3 N–H and O–H groups in total. The molecule has 1 aliphatic rings. The molecule has 0 aliphatic carbocycles. The number of hydrogen-bond acceptors (Lipinski definition) is 4. The van der Waals surface area contributed by atoms with Crippen molar-refractivity contribution in [3.05, 3.63) is 24.0 Å². The largest absolute Gasteiger partial charge is 0.397 e. The topological polar surface area (TPSA) is 50.5 Å². The highest BCUT2D eigenvalue weighted by Crippen LogP contribution is 2.19. The Labute approximate surface area is 107 Å². The highest BCUT2D eigenvalue weighted by molar-refractivity contribution is 5.65. The molecule has 18 heavy (non-hydrogen) atoms. The molecule has 100 valence electrons. The first-order valence-corrected chi connectivity index (χ1v) is 6.32. The van der Waals surface area contributed by atoms with Gasteiger partial charge in [-0.1, -0.05) is 6.92 Å². The van der Waals surface area contributed by atoms with E-state index < -0.39 is 0 Å². The minimum Gasteiger partial charge on any atom is -0.397 e. The maximum absolute atomic E-state index is 12.9. The molecule has 0 aromatic heterocycles. The molecule has 1 fully saturated rings. The number of rotatable bonds is 4. The fourth-order valence-electron chi connectivity index (χ4n) is 2.11. The third kappa shape index (κ3) is 3.34. The van der Waals surface area contributed by atoms with Crippen LogP contribution in [0.5, 0.6) is 0 Å². The van der Waals surface area contributed by atoms with E-state index in [0.29, 0.717) is 12.2 Å². The number of morpholine rings is 1. The number of likely N-dealkylation sites (N-methyl/N-ethyl adjacent to an activating group) is 1. The molecule has 4 nitrogen and oxygen atoms in total. The molecule has 0 radical (unpaired) electrons. The van der Waals surface area contributed by atoms with Crippen molar-refractivity contribution in [2.45, 2.75) is 13.0 Å². The van der Waals surface area contributed by atoms with E-state index in [2.05, 4.69) is 17.1 Å². The van der Waals surface area contributed by atoms with E-state index in [1.54, 1.807) is 6.07 Å². The second-order valence-electron chi connectivity index (χ2n) is 4.50. The van der Waals surface area contributed by atoms with Gasteiger partial charge < -0.3 is 15.8 Å². The van der Waals surface area contributed by atoms with Crippen molar-refractivity contribution >= 4 is 11.4 Å². The van der Waals surface area contributed by atoms with E-state index in [-0.39, 0.29) is 11.9 Å². The summed E-state index contributed by atoms with van der Waals surface area (Å²) in [7, 11) is 0. The molecule has 2 rings (SSSR count). The van der Waals surface area contributed by atoms with Crippen LogP contribution in [-0.4, -0.2) is 43.8 Å². The average Bonchev–Trinajstić information content (AvgIpc) is 2.38. The number of halogens is 1. The van der Waals surface area contributed by atoms with Gasteiger partial charge in [-0.05, 0) is 24.7 Å². The van der Waals surface area contributed by atoms with E-state index in [0.717, 1.165) is 31.9 Å². The van der Waals surface area contributed by atoms with Crippen molar-refractivity contribution in [3.63, 3.8) is 0 Å². The van der Waals surface area contributed by atoms with Gasteiger partial charge >= 0.3 is 0 Å². The molecule has 1 unspecified atom stereocenters. The Bertz CT molecular complexity index is 400. The van der Waals surface area contributed by atoms with Crippen LogP contribution >= 0.6 is 0 Å². The van der Waals surface area contributed by atoms with Crippen LogP contribution < -0.4 is 11.1 Å². The van der Waals surface area contributed by atoms with E-state index >= 15 is 0 Å². The van der Waals surface area contributed by atoms with E-state index in [9.17, 15) is 4.39 Å². The van der Waals surface area contributed by atoms with Crippen molar-refractivity contribution in [2.24, 2.45) is 0 Å². The van der Waals surface area contributed by atoms with Crippen molar-refractivity contribution in [1.82, 2.24) is 4.90 Å². The van der Waals surface area contributed by atoms with Gasteiger partial charge in [0, 0.05) is 19.6 Å². The molecule has 1 saturated heterocycles. The summed E-state index contributed by atoms with van der Waals surface area (Å²) in [5, 5.41) is 3.21. The Morgan fingerprint density at radius 2 is 2.39 bits per heavy atom. The summed E-state index contributed by atoms with van der Waals surface area (Å²) in [6.07, 6.45) is 0.156. The number of nitrogen functional groups attached to an aromatic ring is 1. The average molecular weight is 253 g/mol. The standard InChI is InChI=1S/C13H20FN3O/c1-2-17-5-6-18-11(9-17)8-16-13-4-3-10(14)7-12(13)15/h3-4,7,11,16H,2,5-6,8-9,15H2,1H3. The molecule has 1 heterocycles. The quantitative estimate of drug-likeness (QED) is 0.799. The number of benzene rings is 1. The summed E-state index contributed by atoms with van der Waals surface area (Å²) in [6, 6.07) is 4.38. The molecule has 5 heteroatoms. The first kappa shape index (κ1) is 13.1. The summed E-state index contributed by atoms with van der Waals surface area (Å²) < 4.78 is 18.6. The maximum Gasteiger partial charge on any atom is 0.125 e. The van der Waals surface area contributed by atoms with Gasteiger partial charge in [-0.2, -0.15) is 0 Å². The van der Waals surface area contributed by atoms with Crippen LogP contribution in [0, 0.1) is 5.82 Å². The Hall–Kier alpha value is -1.33. The molecule has 1 aromatic rings. The van der Waals surface area contributed by atoms with Gasteiger partial charge in [-0.3, -0.25) is 4.90 Å². The van der Waals surface area contributed by atoms with Gasteiger partial charge in [-0.25, -0.2) is 4.39 Å². The van der Waals surface area contributed by atoms with Gasteiger partial charge in [0.05, 0.1) is 24.1 Å². The highest BCUT2D eigenvalue weighted by Gasteiger charge is 2.19. The lowest BCUT2D eigenvalue weighted by Gasteiger charge is -2.32.